The van der Waals surface area contributed by atoms with Gasteiger partial charge in [-0.05, 0) is 38.2 Å². The zero-order chi connectivity index (χ0) is 17.0. The van der Waals surface area contributed by atoms with Crippen LogP contribution in [0, 0.1) is 6.92 Å². The maximum Gasteiger partial charge on any atom is 0.244 e. The summed E-state index contributed by atoms with van der Waals surface area (Å²) in [5, 5.41) is 4.44. The fourth-order valence-corrected chi connectivity index (χ4v) is 3.20. The van der Waals surface area contributed by atoms with Gasteiger partial charge in [-0.15, -0.1) is 0 Å². The predicted octanol–water partition coefficient (Wildman–Crippen LogP) is 5.31. The number of carbonyl (C=O) groups excluding carboxylic acids is 1. The van der Waals surface area contributed by atoms with Crippen LogP contribution in [0.15, 0.2) is 29.4 Å². The van der Waals surface area contributed by atoms with Crippen molar-refractivity contribution >= 4 is 11.6 Å². The molecule has 0 spiro atoms. The highest BCUT2D eigenvalue weighted by atomic mass is 16.2. The largest absolute Gasteiger partial charge is 0.273 e. The van der Waals surface area contributed by atoms with E-state index in [0.717, 1.165) is 18.4 Å². The molecule has 3 heteroatoms. The van der Waals surface area contributed by atoms with Crippen LogP contribution in [0.1, 0.15) is 81.8 Å². The molecule has 1 amide bonds. The number of hydrogen-bond donors (Lipinski definition) is 1. The third kappa shape index (κ3) is 7.76. The van der Waals surface area contributed by atoms with Crippen molar-refractivity contribution in [3.05, 3.63) is 35.4 Å². The molecule has 132 valence electrons. The third-order valence-electron chi connectivity index (χ3n) is 4.75. The normalized spacial score (nSPS) is 17.5. The van der Waals surface area contributed by atoms with Crippen molar-refractivity contribution < 1.29 is 4.79 Å². The van der Waals surface area contributed by atoms with E-state index in [1.54, 1.807) is 0 Å². The number of amides is 1. The molecule has 0 atom stereocenters. The number of aryl methyl sites for hydroxylation is 1. The lowest BCUT2D eigenvalue weighted by Gasteiger charge is -2.10. The highest BCUT2D eigenvalue weighted by Crippen LogP contribution is 2.15. The number of rotatable bonds is 3. The molecular weight excluding hydrogens is 296 g/mol. The van der Waals surface area contributed by atoms with Crippen molar-refractivity contribution in [2.45, 2.75) is 84.0 Å². The van der Waals surface area contributed by atoms with Crippen LogP contribution >= 0.6 is 0 Å². The summed E-state index contributed by atoms with van der Waals surface area (Å²) in [5.74, 6) is -0.0162. The maximum atomic E-state index is 12.1. The second-order valence-electron chi connectivity index (χ2n) is 7.06. The van der Waals surface area contributed by atoms with E-state index in [0.29, 0.717) is 6.42 Å². The minimum Gasteiger partial charge on any atom is -0.273 e. The number of benzene rings is 1. The number of carbonyl (C=O) groups is 1. The average molecular weight is 329 g/mol. The van der Waals surface area contributed by atoms with Crippen molar-refractivity contribution in [1.82, 2.24) is 5.43 Å². The summed E-state index contributed by atoms with van der Waals surface area (Å²) in [6.45, 7) is 2.06. The summed E-state index contributed by atoms with van der Waals surface area (Å²) in [7, 11) is 0. The second kappa shape index (κ2) is 11.0. The summed E-state index contributed by atoms with van der Waals surface area (Å²) >= 11 is 0. The molecule has 0 unspecified atom stereocenters. The van der Waals surface area contributed by atoms with E-state index in [9.17, 15) is 4.79 Å². The van der Waals surface area contributed by atoms with E-state index in [2.05, 4.69) is 17.5 Å². The minimum absolute atomic E-state index is 0.0162. The van der Waals surface area contributed by atoms with Crippen LogP contribution in [0.5, 0.6) is 0 Å². The first-order valence-electron chi connectivity index (χ1n) is 9.64. The van der Waals surface area contributed by atoms with Gasteiger partial charge in [0.15, 0.2) is 0 Å². The topological polar surface area (TPSA) is 41.5 Å². The number of nitrogens with zero attached hydrogens (tertiary/aromatic N) is 1. The molecule has 24 heavy (non-hydrogen) atoms. The molecule has 3 nitrogen and oxygen atoms in total. The summed E-state index contributed by atoms with van der Waals surface area (Å²) in [6, 6.07) is 8.11. The summed E-state index contributed by atoms with van der Waals surface area (Å²) in [6.07, 6.45) is 14.3. The fourth-order valence-electron chi connectivity index (χ4n) is 3.20. The van der Waals surface area contributed by atoms with Crippen LogP contribution in [0.3, 0.4) is 0 Å². The highest BCUT2D eigenvalue weighted by molar-refractivity contribution is 5.86. The fraction of sp³-hybridized carbons (Fsp3) is 0.619. The molecule has 0 heterocycles. The molecule has 0 bridgehead atoms. The van der Waals surface area contributed by atoms with Crippen LogP contribution in [-0.4, -0.2) is 11.6 Å². The summed E-state index contributed by atoms with van der Waals surface area (Å²) in [5.41, 5.74) is 6.20. The van der Waals surface area contributed by atoms with Gasteiger partial charge in [-0.2, -0.15) is 5.10 Å². The van der Waals surface area contributed by atoms with Gasteiger partial charge in [0.1, 0.15) is 0 Å². The molecule has 0 radical (unpaired) electrons. The lowest BCUT2D eigenvalue weighted by molar-refractivity contribution is -0.120. The summed E-state index contributed by atoms with van der Waals surface area (Å²) < 4.78 is 0. The first-order chi connectivity index (χ1) is 11.7. The van der Waals surface area contributed by atoms with Crippen LogP contribution < -0.4 is 5.43 Å². The Bertz CT molecular complexity index is 505. The Morgan fingerprint density at radius 3 is 1.92 bits per heavy atom. The lowest BCUT2D eigenvalue weighted by Crippen LogP contribution is -2.21. The molecule has 0 aliphatic heterocycles. The van der Waals surface area contributed by atoms with E-state index < -0.39 is 0 Å². The monoisotopic (exact) mass is 328 g/mol. The standard InChI is InChI=1S/C21H32N2O/c1-18-13-15-19(16-14-18)17-21(24)23-22-20-11-9-7-5-3-2-4-6-8-10-12-20/h13-16H,2-12,17H2,1H3,(H,23,24). The van der Waals surface area contributed by atoms with Gasteiger partial charge in [0.25, 0.3) is 0 Å². The summed E-state index contributed by atoms with van der Waals surface area (Å²) in [4.78, 5) is 12.1. The zero-order valence-electron chi connectivity index (χ0n) is 15.2. The van der Waals surface area contributed by atoms with E-state index >= 15 is 0 Å². The minimum atomic E-state index is -0.0162. The van der Waals surface area contributed by atoms with Crippen molar-refractivity contribution in [1.29, 1.82) is 0 Å². The van der Waals surface area contributed by atoms with Crippen LogP contribution in [0.2, 0.25) is 0 Å². The lowest BCUT2D eigenvalue weighted by atomic mass is 10.00. The molecule has 2 rings (SSSR count). The Morgan fingerprint density at radius 2 is 1.38 bits per heavy atom. The molecular formula is C21H32N2O. The Morgan fingerprint density at radius 1 is 0.875 bits per heavy atom. The molecule has 1 aliphatic carbocycles. The van der Waals surface area contributed by atoms with Crippen molar-refractivity contribution in [2.75, 3.05) is 0 Å². The van der Waals surface area contributed by atoms with Crippen LogP contribution in [0.4, 0.5) is 0 Å². The van der Waals surface area contributed by atoms with Crippen LogP contribution in [0.25, 0.3) is 0 Å². The molecule has 1 saturated carbocycles. The van der Waals surface area contributed by atoms with Gasteiger partial charge in [-0.3, -0.25) is 4.79 Å². The highest BCUT2D eigenvalue weighted by Gasteiger charge is 2.06. The van der Waals surface area contributed by atoms with Crippen molar-refractivity contribution in [3.8, 4) is 0 Å². The van der Waals surface area contributed by atoms with Crippen molar-refractivity contribution in [3.63, 3.8) is 0 Å². The van der Waals surface area contributed by atoms with E-state index in [1.807, 2.05) is 24.3 Å². The maximum absolute atomic E-state index is 12.1. The number of hydrogen-bond acceptors (Lipinski definition) is 2. The number of nitrogens with one attached hydrogen (secondary N) is 1. The van der Waals surface area contributed by atoms with Gasteiger partial charge < -0.3 is 0 Å². The van der Waals surface area contributed by atoms with E-state index in [4.69, 9.17) is 0 Å². The zero-order valence-corrected chi connectivity index (χ0v) is 15.2. The molecule has 0 saturated heterocycles. The molecule has 0 aromatic heterocycles. The Hall–Kier alpha value is -1.64. The molecule has 1 aromatic carbocycles. The van der Waals surface area contributed by atoms with E-state index in [-0.39, 0.29) is 5.91 Å². The van der Waals surface area contributed by atoms with Gasteiger partial charge in [0, 0.05) is 5.71 Å². The van der Waals surface area contributed by atoms with Gasteiger partial charge in [-0.1, -0.05) is 74.8 Å². The first kappa shape index (κ1) is 18.7. The third-order valence-corrected chi connectivity index (χ3v) is 4.75. The smallest absolute Gasteiger partial charge is 0.244 e. The first-order valence-corrected chi connectivity index (χ1v) is 9.64. The molecule has 1 fully saturated rings. The van der Waals surface area contributed by atoms with Gasteiger partial charge in [0.2, 0.25) is 5.91 Å². The van der Waals surface area contributed by atoms with Crippen LogP contribution in [-0.2, 0) is 11.2 Å². The molecule has 1 aromatic rings. The van der Waals surface area contributed by atoms with E-state index in [1.165, 1.54) is 69.1 Å². The van der Waals surface area contributed by atoms with Gasteiger partial charge in [0.05, 0.1) is 6.42 Å². The van der Waals surface area contributed by atoms with Crippen molar-refractivity contribution in [2.24, 2.45) is 5.10 Å². The SMILES string of the molecule is Cc1ccc(CC(=O)NN=C2CCCCCCCCCCC2)cc1. The van der Waals surface area contributed by atoms with Gasteiger partial charge in [-0.25, -0.2) is 5.43 Å². The van der Waals surface area contributed by atoms with Gasteiger partial charge >= 0.3 is 0 Å². The second-order valence-corrected chi connectivity index (χ2v) is 7.06. The Kier molecular flexibility index (Phi) is 8.58. The molecule has 1 aliphatic rings. The quantitative estimate of drug-likeness (QED) is 0.750. The number of hydrazone groups is 1. The average Bonchev–Trinajstić information content (AvgIpc) is 2.56. The Labute approximate surface area is 146 Å². The molecule has 1 N–H and O–H groups in total. The predicted molar refractivity (Wildman–Crippen MR) is 101 cm³/mol. The Balaban J connectivity index is 1.81.